The Balaban J connectivity index is 1.48. The number of hydrogen-bond donors (Lipinski definition) is 0. The third-order valence-electron chi connectivity index (χ3n) is 6.16. The first kappa shape index (κ1) is 14.4. The largest absolute Gasteiger partial charge is 0.342 e. The molecule has 0 unspecified atom stereocenters. The van der Waals surface area contributed by atoms with Crippen LogP contribution < -0.4 is 0 Å². The third kappa shape index (κ3) is 2.74. The van der Waals surface area contributed by atoms with E-state index < -0.39 is 0 Å². The molecule has 20 heavy (non-hydrogen) atoms. The molecule has 0 aromatic rings. The van der Waals surface area contributed by atoms with Crippen LogP contribution in [0.1, 0.15) is 58.8 Å². The molecule has 1 saturated carbocycles. The Kier molecular flexibility index (Phi) is 4.07. The average molecular weight is 278 g/mol. The number of piperidine rings is 2. The molecule has 2 heterocycles. The summed E-state index contributed by atoms with van der Waals surface area (Å²) in [6.07, 6.45) is 8.93. The fraction of sp³-hybridized carbons (Fsp3) is 0.941. The summed E-state index contributed by atoms with van der Waals surface area (Å²) in [5, 5.41) is 0. The fourth-order valence-corrected chi connectivity index (χ4v) is 4.30. The first-order valence-electron chi connectivity index (χ1n) is 8.62. The second-order valence-corrected chi connectivity index (χ2v) is 7.58. The molecule has 2 saturated heterocycles. The quantitative estimate of drug-likeness (QED) is 0.775. The Labute approximate surface area is 123 Å². The van der Waals surface area contributed by atoms with E-state index in [0.717, 1.165) is 39.0 Å². The van der Waals surface area contributed by atoms with Gasteiger partial charge in [-0.25, -0.2) is 0 Å². The minimum Gasteiger partial charge on any atom is -0.342 e. The number of amides is 1. The van der Waals surface area contributed by atoms with E-state index in [2.05, 4.69) is 23.6 Å². The maximum absolute atomic E-state index is 12.7. The molecule has 0 bridgehead atoms. The molecule has 0 atom stereocenters. The van der Waals surface area contributed by atoms with Gasteiger partial charge >= 0.3 is 0 Å². The van der Waals surface area contributed by atoms with Crippen LogP contribution in [-0.2, 0) is 4.79 Å². The van der Waals surface area contributed by atoms with Crippen LogP contribution in [0.2, 0.25) is 0 Å². The highest BCUT2D eigenvalue weighted by Crippen LogP contribution is 2.49. The first-order chi connectivity index (χ1) is 9.60. The molecule has 3 aliphatic rings. The monoisotopic (exact) mass is 278 g/mol. The Morgan fingerprint density at radius 1 is 1.00 bits per heavy atom. The lowest BCUT2D eigenvalue weighted by atomic mass is 9.63. The molecular weight excluding hydrogens is 248 g/mol. The van der Waals surface area contributed by atoms with Crippen LogP contribution in [0.15, 0.2) is 0 Å². The van der Waals surface area contributed by atoms with E-state index in [0.29, 0.717) is 23.3 Å². The van der Waals surface area contributed by atoms with E-state index in [1.165, 1.54) is 32.1 Å². The highest BCUT2D eigenvalue weighted by molar-refractivity contribution is 5.79. The summed E-state index contributed by atoms with van der Waals surface area (Å²) in [5.41, 5.74) is 0.651. The van der Waals surface area contributed by atoms with Crippen LogP contribution in [0.25, 0.3) is 0 Å². The fourth-order valence-electron chi connectivity index (χ4n) is 4.30. The van der Waals surface area contributed by atoms with E-state index in [1.807, 2.05) is 0 Å². The van der Waals surface area contributed by atoms with Crippen LogP contribution in [0, 0.1) is 11.3 Å². The summed E-state index contributed by atoms with van der Waals surface area (Å²) < 4.78 is 0. The number of carbonyl (C=O) groups is 1. The van der Waals surface area contributed by atoms with Crippen molar-refractivity contribution >= 4 is 5.91 Å². The standard InChI is InChI=1S/C17H30N2O/c1-14(2)18-10-4-15(5-11-18)16(20)19-12-8-17(9-13-19)6-3-7-17/h14-15H,3-13H2,1-2H3. The van der Waals surface area contributed by atoms with Gasteiger partial charge in [-0.05, 0) is 70.9 Å². The van der Waals surface area contributed by atoms with Gasteiger partial charge < -0.3 is 9.80 Å². The maximum atomic E-state index is 12.7. The van der Waals surface area contributed by atoms with E-state index >= 15 is 0 Å². The van der Waals surface area contributed by atoms with E-state index in [9.17, 15) is 4.79 Å². The maximum Gasteiger partial charge on any atom is 0.225 e. The summed E-state index contributed by atoms with van der Waals surface area (Å²) in [7, 11) is 0. The highest BCUT2D eigenvalue weighted by Gasteiger charge is 2.41. The van der Waals surface area contributed by atoms with Gasteiger partial charge in [-0.1, -0.05) is 6.42 Å². The number of likely N-dealkylation sites (tertiary alicyclic amines) is 2. The van der Waals surface area contributed by atoms with Gasteiger partial charge in [0.2, 0.25) is 5.91 Å². The molecule has 1 amide bonds. The molecule has 0 N–H and O–H groups in total. The third-order valence-corrected chi connectivity index (χ3v) is 6.16. The lowest BCUT2D eigenvalue weighted by Crippen LogP contribution is -2.49. The van der Waals surface area contributed by atoms with Crippen molar-refractivity contribution < 1.29 is 4.79 Å². The summed E-state index contributed by atoms with van der Waals surface area (Å²) >= 11 is 0. The average Bonchev–Trinajstić information content (AvgIpc) is 2.45. The SMILES string of the molecule is CC(C)N1CCC(C(=O)N2CCC3(CCC3)CC2)CC1. The van der Waals surface area contributed by atoms with Crippen LogP contribution in [-0.4, -0.2) is 47.9 Å². The lowest BCUT2D eigenvalue weighted by Gasteiger charge is -2.48. The zero-order valence-corrected chi connectivity index (χ0v) is 13.2. The minimum absolute atomic E-state index is 0.306. The first-order valence-corrected chi connectivity index (χ1v) is 8.62. The van der Waals surface area contributed by atoms with Gasteiger partial charge in [-0.3, -0.25) is 4.79 Å². The molecule has 0 aromatic carbocycles. The predicted octanol–water partition coefficient (Wildman–Crippen LogP) is 2.90. The van der Waals surface area contributed by atoms with Gasteiger partial charge in [-0.2, -0.15) is 0 Å². The van der Waals surface area contributed by atoms with Crippen molar-refractivity contribution in [1.29, 1.82) is 0 Å². The molecule has 3 rings (SSSR count). The van der Waals surface area contributed by atoms with E-state index in [-0.39, 0.29) is 0 Å². The van der Waals surface area contributed by atoms with Crippen molar-refractivity contribution in [2.45, 2.75) is 64.8 Å². The van der Waals surface area contributed by atoms with Crippen molar-refractivity contribution in [2.24, 2.45) is 11.3 Å². The van der Waals surface area contributed by atoms with Crippen molar-refractivity contribution in [2.75, 3.05) is 26.2 Å². The molecular formula is C17H30N2O. The van der Waals surface area contributed by atoms with Crippen molar-refractivity contribution in [3.05, 3.63) is 0 Å². The minimum atomic E-state index is 0.306. The molecule has 1 aliphatic carbocycles. The van der Waals surface area contributed by atoms with Crippen molar-refractivity contribution in [3.63, 3.8) is 0 Å². The summed E-state index contributed by atoms with van der Waals surface area (Å²) in [6.45, 7) is 8.78. The van der Waals surface area contributed by atoms with Crippen molar-refractivity contribution in [3.8, 4) is 0 Å². The summed E-state index contributed by atoms with van der Waals surface area (Å²) in [6, 6.07) is 0.625. The van der Waals surface area contributed by atoms with Crippen LogP contribution in [0.5, 0.6) is 0 Å². The normalized spacial score (nSPS) is 27.9. The van der Waals surface area contributed by atoms with Gasteiger partial charge in [0.25, 0.3) is 0 Å². The van der Waals surface area contributed by atoms with E-state index in [1.54, 1.807) is 0 Å². The Hall–Kier alpha value is -0.570. The lowest BCUT2D eigenvalue weighted by molar-refractivity contribution is -0.140. The van der Waals surface area contributed by atoms with Crippen LogP contribution >= 0.6 is 0 Å². The second-order valence-electron chi connectivity index (χ2n) is 7.58. The molecule has 1 spiro atoms. The number of rotatable bonds is 2. The topological polar surface area (TPSA) is 23.6 Å². The number of nitrogens with zero attached hydrogens (tertiary/aromatic N) is 2. The highest BCUT2D eigenvalue weighted by atomic mass is 16.2. The Morgan fingerprint density at radius 3 is 2.05 bits per heavy atom. The van der Waals surface area contributed by atoms with Crippen LogP contribution in [0.3, 0.4) is 0 Å². The van der Waals surface area contributed by atoms with Crippen LogP contribution in [0.4, 0.5) is 0 Å². The zero-order chi connectivity index (χ0) is 14.2. The summed E-state index contributed by atoms with van der Waals surface area (Å²) in [5.74, 6) is 0.767. The van der Waals surface area contributed by atoms with Gasteiger partial charge in [0.15, 0.2) is 0 Å². The number of carbonyl (C=O) groups excluding carboxylic acids is 1. The molecule has 0 aromatic heterocycles. The number of hydrogen-bond acceptors (Lipinski definition) is 2. The molecule has 3 heteroatoms. The Morgan fingerprint density at radius 2 is 1.60 bits per heavy atom. The van der Waals surface area contributed by atoms with E-state index in [4.69, 9.17) is 0 Å². The molecule has 2 aliphatic heterocycles. The molecule has 3 nitrogen and oxygen atoms in total. The van der Waals surface area contributed by atoms with Gasteiger partial charge in [0.1, 0.15) is 0 Å². The van der Waals surface area contributed by atoms with Gasteiger partial charge in [0.05, 0.1) is 0 Å². The summed E-state index contributed by atoms with van der Waals surface area (Å²) in [4.78, 5) is 17.3. The smallest absolute Gasteiger partial charge is 0.225 e. The van der Waals surface area contributed by atoms with Crippen molar-refractivity contribution in [1.82, 2.24) is 9.80 Å². The molecule has 0 radical (unpaired) electrons. The Bertz CT molecular complexity index is 344. The van der Waals surface area contributed by atoms with Gasteiger partial charge in [-0.15, -0.1) is 0 Å². The second kappa shape index (κ2) is 5.67. The molecule has 114 valence electrons. The zero-order valence-electron chi connectivity index (χ0n) is 13.2. The predicted molar refractivity (Wildman–Crippen MR) is 81.5 cm³/mol. The van der Waals surface area contributed by atoms with Gasteiger partial charge in [0, 0.05) is 25.0 Å². The molecule has 3 fully saturated rings.